The van der Waals surface area contributed by atoms with Gasteiger partial charge in [-0.15, -0.1) is 0 Å². The zero-order valence-electron chi connectivity index (χ0n) is 10.5. The number of carboxylic acids is 1. The summed E-state index contributed by atoms with van der Waals surface area (Å²) >= 11 is 1.05. The highest BCUT2D eigenvalue weighted by Gasteiger charge is 2.18. The van der Waals surface area contributed by atoms with Crippen molar-refractivity contribution >= 4 is 34.6 Å². The largest absolute Gasteiger partial charge is 0.478 e. The number of nitrogens with zero attached hydrogens (tertiary/aromatic N) is 1. The Bertz CT molecular complexity index is 504. The first-order valence-electron chi connectivity index (χ1n) is 5.54. The van der Waals surface area contributed by atoms with Crippen molar-refractivity contribution in [3.8, 4) is 0 Å². The van der Waals surface area contributed by atoms with Crippen LogP contribution in [0.25, 0.3) is 0 Å². The average molecular weight is 282 g/mol. The lowest BCUT2D eigenvalue weighted by Crippen LogP contribution is -2.24. The van der Waals surface area contributed by atoms with Crippen LogP contribution in [0, 0.1) is 5.92 Å². The van der Waals surface area contributed by atoms with E-state index in [9.17, 15) is 14.4 Å². The Morgan fingerprint density at radius 1 is 1.47 bits per heavy atom. The van der Waals surface area contributed by atoms with E-state index in [4.69, 9.17) is 5.11 Å². The molecule has 0 bridgehead atoms. The molecule has 1 heterocycles. The van der Waals surface area contributed by atoms with Gasteiger partial charge in [0.2, 0.25) is 5.91 Å². The monoisotopic (exact) mass is 282 g/mol. The first-order chi connectivity index (χ1) is 8.91. The minimum Gasteiger partial charge on any atom is -0.478 e. The summed E-state index contributed by atoms with van der Waals surface area (Å²) in [6, 6.07) is 2.84. The van der Waals surface area contributed by atoms with E-state index < -0.39 is 11.9 Å². The number of carbonyl (C=O) groups excluding carboxylic acids is 2. The molecule has 0 aliphatic rings. The molecule has 0 saturated carbocycles. The van der Waals surface area contributed by atoms with Gasteiger partial charge in [0.1, 0.15) is 11.4 Å². The lowest BCUT2D eigenvalue weighted by atomic mass is 10.2. The topological polar surface area (TPSA) is 96.4 Å². The number of carboxylic acid groups (broad SMARTS) is 1. The number of thioether (sulfide) groups is 1. The fourth-order valence-electron chi connectivity index (χ4n) is 1.24. The molecule has 7 heteroatoms. The van der Waals surface area contributed by atoms with Crippen molar-refractivity contribution in [2.45, 2.75) is 13.8 Å². The second kappa shape index (κ2) is 6.89. The maximum absolute atomic E-state index is 11.8. The lowest BCUT2D eigenvalue weighted by molar-refractivity contribution is -0.118. The Morgan fingerprint density at radius 2 is 2.16 bits per heavy atom. The van der Waals surface area contributed by atoms with E-state index in [0.29, 0.717) is 5.75 Å². The lowest BCUT2D eigenvalue weighted by Gasteiger charge is -2.11. The van der Waals surface area contributed by atoms with Crippen LogP contribution >= 0.6 is 11.8 Å². The van der Waals surface area contributed by atoms with Gasteiger partial charge in [0.15, 0.2) is 5.12 Å². The zero-order valence-corrected chi connectivity index (χ0v) is 11.4. The van der Waals surface area contributed by atoms with Crippen molar-refractivity contribution in [3.05, 3.63) is 23.9 Å². The van der Waals surface area contributed by atoms with Crippen LogP contribution in [0.2, 0.25) is 0 Å². The molecule has 0 fully saturated rings. The molecule has 1 unspecified atom stereocenters. The van der Waals surface area contributed by atoms with Gasteiger partial charge in [0.05, 0.1) is 0 Å². The highest BCUT2D eigenvalue weighted by atomic mass is 32.2. The van der Waals surface area contributed by atoms with Gasteiger partial charge in [-0.05, 0) is 12.1 Å². The molecule has 1 aromatic rings. The molecule has 1 amide bonds. The van der Waals surface area contributed by atoms with Gasteiger partial charge in [0.25, 0.3) is 0 Å². The quantitative estimate of drug-likeness (QED) is 0.852. The summed E-state index contributed by atoms with van der Waals surface area (Å²) in [6.07, 6.45) is 1.40. The third kappa shape index (κ3) is 4.70. The second-order valence-corrected chi connectivity index (χ2v) is 5.09. The maximum Gasteiger partial charge on any atom is 0.339 e. The number of anilines is 1. The molecule has 6 nitrogen and oxygen atoms in total. The van der Waals surface area contributed by atoms with Crippen LogP contribution in [0.3, 0.4) is 0 Å². The summed E-state index contributed by atoms with van der Waals surface area (Å²) in [6.45, 7) is 3.09. The molecule has 19 heavy (non-hydrogen) atoms. The molecule has 102 valence electrons. The summed E-state index contributed by atoms with van der Waals surface area (Å²) in [5.41, 5.74) is -0.0673. The minimum absolute atomic E-state index is 0.0136. The molecule has 0 aliphatic heterocycles. The Morgan fingerprint density at radius 3 is 2.74 bits per heavy atom. The standard InChI is InChI=1S/C12H14N2O4S/c1-7(6-19-8(2)15)11(16)14-10-9(12(17)18)4-3-5-13-10/h3-5,7H,6H2,1-2H3,(H,17,18)(H,13,14,16). The highest BCUT2D eigenvalue weighted by molar-refractivity contribution is 8.13. The fourth-order valence-corrected chi connectivity index (χ4v) is 1.87. The molecule has 0 saturated heterocycles. The van der Waals surface area contributed by atoms with Crippen LogP contribution in [0.1, 0.15) is 24.2 Å². The van der Waals surface area contributed by atoms with E-state index in [-0.39, 0.29) is 22.4 Å². The molecule has 0 radical (unpaired) electrons. The van der Waals surface area contributed by atoms with Crippen LogP contribution in [0.4, 0.5) is 5.82 Å². The van der Waals surface area contributed by atoms with Gasteiger partial charge in [-0.3, -0.25) is 9.59 Å². The zero-order chi connectivity index (χ0) is 14.4. The molecular formula is C12H14N2O4S. The predicted octanol–water partition coefficient (Wildman–Crippen LogP) is 1.63. The van der Waals surface area contributed by atoms with Crippen molar-refractivity contribution in [2.24, 2.45) is 5.92 Å². The van der Waals surface area contributed by atoms with E-state index in [1.807, 2.05) is 0 Å². The van der Waals surface area contributed by atoms with Crippen molar-refractivity contribution in [1.29, 1.82) is 0 Å². The fraction of sp³-hybridized carbons (Fsp3) is 0.333. The minimum atomic E-state index is -1.16. The van der Waals surface area contributed by atoms with Gasteiger partial charge >= 0.3 is 5.97 Å². The van der Waals surface area contributed by atoms with E-state index in [1.165, 1.54) is 25.3 Å². The predicted molar refractivity (Wildman–Crippen MR) is 72.1 cm³/mol. The van der Waals surface area contributed by atoms with E-state index in [1.54, 1.807) is 6.92 Å². The SMILES string of the molecule is CC(=O)SCC(C)C(=O)Nc1ncccc1C(=O)O. The first kappa shape index (κ1) is 15.2. The van der Waals surface area contributed by atoms with E-state index >= 15 is 0 Å². The van der Waals surface area contributed by atoms with Crippen LogP contribution in [0.15, 0.2) is 18.3 Å². The smallest absolute Gasteiger partial charge is 0.339 e. The normalized spacial score (nSPS) is 11.7. The van der Waals surface area contributed by atoms with Crippen molar-refractivity contribution < 1.29 is 19.5 Å². The second-order valence-electron chi connectivity index (χ2n) is 3.90. The highest BCUT2D eigenvalue weighted by Crippen LogP contribution is 2.15. The Kier molecular flexibility index (Phi) is 5.50. The number of nitrogens with one attached hydrogen (secondary N) is 1. The van der Waals surface area contributed by atoms with Gasteiger partial charge in [-0.1, -0.05) is 18.7 Å². The summed E-state index contributed by atoms with van der Waals surface area (Å²) in [7, 11) is 0. The summed E-state index contributed by atoms with van der Waals surface area (Å²) in [5, 5.41) is 11.3. The first-order valence-corrected chi connectivity index (χ1v) is 6.53. The van der Waals surface area contributed by atoms with Gasteiger partial charge in [-0.2, -0.15) is 0 Å². The van der Waals surface area contributed by atoms with Crippen LogP contribution in [-0.4, -0.2) is 32.8 Å². The third-order valence-electron chi connectivity index (χ3n) is 2.26. The average Bonchev–Trinajstić information content (AvgIpc) is 2.36. The molecular weight excluding hydrogens is 268 g/mol. The summed E-state index contributed by atoms with van der Waals surface area (Å²) in [4.78, 5) is 37.4. The molecule has 0 aliphatic carbocycles. The Hall–Kier alpha value is -1.89. The maximum atomic E-state index is 11.8. The number of rotatable bonds is 5. The molecule has 2 N–H and O–H groups in total. The van der Waals surface area contributed by atoms with Gasteiger partial charge in [0, 0.05) is 24.8 Å². The van der Waals surface area contributed by atoms with Crippen LogP contribution in [0.5, 0.6) is 0 Å². The number of hydrogen-bond donors (Lipinski definition) is 2. The van der Waals surface area contributed by atoms with E-state index in [0.717, 1.165) is 11.8 Å². The number of pyridine rings is 1. The third-order valence-corrected chi connectivity index (χ3v) is 3.34. The summed E-state index contributed by atoms with van der Waals surface area (Å²) < 4.78 is 0. The van der Waals surface area contributed by atoms with Crippen molar-refractivity contribution in [3.63, 3.8) is 0 Å². The molecule has 1 atom stereocenters. The number of aromatic nitrogens is 1. The molecule has 1 rings (SSSR count). The number of aromatic carboxylic acids is 1. The number of carbonyl (C=O) groups is 3. The Balaban J connectivity index is 2.71. The molecule has 1 aromatic heterocycles. The van der Waals surface area contributed by atoms with Crippen molar-refractivity contribution in [1.82, 2.24) is 4.98 Å². The van der Waals surface area contributed by atoms with Crippen LogP contribution < -0.4 is 5.32 Å². The molecule has 0 spiro atoms. The van der Waals surface area contributed by atoms with Gasteiger partial charge < -0.3 is 10.4 Å². The van der Waals surface area contributed by atoms with Crippen LogP contribution in [-0.2, 0) is 9.59 Å². The van der Waals surface area contributed by atoms with Gasteiger partial charge in [-0.25, -0.2) is 9.78 Å². The number of hydrogen-bond acceptors (Lipinski definition) is 5. The molecule has 0 aromatic carbocycles. The Labute approximate surface area is 114 Å². The van der Waals surface area contributed by atoms with E-state index in [2.05, 4.69) is 10.3 Å². The number of amides is 1. The van der Waals surface area contributed by atoms with Crippen molar-refractivity contribution in [2.75, 3.05) is 11.1 Å². The summed E-state index contributed by atoms with van der Waals surface area (Å²) in [5.74, 6) is -1.59.